The van der Waals surface area contributed by atoms with Crippen LogP contribution in [0.1, 0.15) is 38.2 Å². The van der Waals surface area contributed by atoms with Gasteiger partial charge in [0.2, 0.25) is 5.91 Å². The lowest BCUT2D eigenvalue weighted by Crippen LogP contribution is -2.44. The maximum Gasteiger partial charge on any atom is 0.230 e. The largest absolute Gasteiger partial charge is 0.396 e. The fourth-order valence-corrected chi connectivity index (χ4v) is 2.89. The molecule has 1 saturated carbocycles. The van der Waals surface area contributed by atoms with Crippen LogP contribution >= 0.6 is 0 Å². The van der Waals surface area contributed by atoms with Gasteiger partial charge in [-0.3, -0.25) is 4.79 Å². The summed E-state index contributed by atoms with van der Waals surface area (Å²) in [5.41, 5.74) is 0.369. The lowest BCUT2D eigenvalue weighted by molar-refractivity contribution is -0.126. The minimum absolute atomic E-state index is 0.00177. The molecule has 1 fully saturated rings. The Hall–Kier alpha value is -1.42. The SMILES string of the molecule is CC(CO)CNC(=O)C1(c2ccc(F)cc2)CCCC1. The molecular weight excluding hydrogens is 257 g/mol. The van der Waals surface area contributed by atoms with Crippen molar-refractivity contribution in [3.63, 3.8) is 0 Å². The van der Waals surface area contributed by atoms with Gasteiger partial charge in [-0.1, -0.05) is 31.9 Å². The highest BCUT2D eigenvalue weighted by Crippen LogP contribution is 2.41. The number of carbonyl (C=O) groups is 1. The van der Waals surface area contributed by atoms with Crippen LogP contribution in [-0.4, -0.2) is 24.2 Å². The second kappa shape index (κ2) is 6.35. The third-order valence-electron chi connectivity index (χ3n) is 4.21. The van der Waals surface area contributed by atoms with Crippen molar-refractivity contribution >= 4 is 5.91 Å². The van der Waals surface area contributed by atoms with Crippen molar-refractivity contribution in [2.45, 2.75) is 38.0 Å². The van der Waals surface area contributed by atoms with Crippen LogP contribution in [0.15, 0.2) is 24.3 Å². The van der Waals surface area contributed by atoms with Crippen LogP contribution < -0.4 is 5.32 Å². The average Bonchev–Trinajstić information content (AvgIpc) is 2.95. The number of aliphatic hydroxyl groups is 1. The van der Waals surface area contributed by atoms with Crippen LogP contribution in [0.4, 0.5) is 4.39 Å². The molecule has 110 valence electrons. The van der Waals surface area contributed by atoms with E-state index in [1.807, 2.05) is 6.92 Å². The van der Waals surface area contributed by atoms with Crippen LogP contribution in [0.3, 0.4) is 0 Å². The van der Waals surface area contributed by atoms with Crippen molar-refractivity contribution in [2.75, 3.05) is 13.2 Å². The number of halogens is 1. The van der Waals surface area contributed by atoms with Crippen LogP contribution in [0.5, 0.6) is 0 Å². The van der Waals surface area contributed by atoms with E-state index < -0.39 is 5.41 Å². The second-order valence-corrected chi connectivity index (χ2v) is 5.79. The van der Waals surface area contributed by atoms with Gasteiger partial charge in [0.1, 0.15) is 5.82 Å². The minimum Gasteiger partial charge on any atom is -0.396 e. The molecule has 0 radical (unpaired) electrons. The summed E-state index contributed by atoms with van der Waals surface area (Å²) in [6, 6.07) is 6.27. The Labute approximate surface area is 119 Å². The van der Waals surface area contributed by atoms with E-state index in [1.54, 1.807) is 12.1 Å². The van der Waals surface area contributed by atoms with E-state index in [2.05, 4.69) is 5.32 Å². The number of nitrogens with one attached hydrogen (secondary N) is 1. The standard InChI is InChI=1S/C16H22FNO2/c1-12(11-19)10-18-15(20)16(8-2-3-9-16)13-4-6-14(17)7-5-13/h4-7,12,19H,2-3,8-11H2,1H3,(H,18,20). The normalized spacial score (nSPS) is 18.8. The third kappa shape index (κ3) is 3.01. The van der Waals surface area contributed by atoms with Gasteiger partial charge in [0, 0.05) is 13.2 Å². The van der Waals surface area contributed by atoms with Crippen molar-refractivity contribution in [1.82, 2.24) is 5.32 Å². The monoisotopic (exact) mass is 279 g/mol. The summed E-state index contributed by atoms with van der Waals surface area (Å²) in [6.07, 6.45) is 3.64. The fourth-order valence-electron chi connectivity index (χ4n) is 2.89. The summed E-state index contributed by atoms with van der Waals surface area (Å²) in [7, 11) is 0. The Morgan fingerprint density at radius 2 is 1.95 bits per heavy atom. The van der Waals surface area contributed by atoms with Gasteiger partial charge in [0.15, 0.2) is 0 Å². The summed E-state index contributed by atoms with van der Waals surface area (Å²) in [4.78, 5) is 12.6. The van der Waals surface area contributed by atoms with E-state index in [0.29, 0.717) is 6.54 Å². The number of amides is 1. The summed E-state index contributed by atoms with van der Waals surface area (Å²) < 4.78 is 13.1. The van der Waals surface area contributed by atoms with Crippen LogP contribution in [0, 0.1) is 11.7 Å². The predicted molar refractivity (Wildman–Crippen MR) is 75.8 cm³/mol. The molecule has 1 aromatic carbocycles. The molecule has 1 atom stereocenters. The van der Waals surface area contributed by atoms with Crippen LogP contribution in [0.2, 0.25) is 0 Å². The summed E-state index contributed by atoms with van der Waals surface area (Å²) in [5, 5.41) is 12.0. The molecule has 0 aromatic heterocycles. The molecule has 1 amide bonds. The van der Waals surface area contributed by atoms with Gasteiger partial charge in [0.05, 0.1) is 5.41 Å². The topological polar surface area (TPSA) is 49.3 Å². The molecular formula is C16H22FNO2. The molecule has 2 N–H and O–H groups in total. The zero-order valence-corrected chi connectivity index (χ0v) is 11.9. The molecule has 4 heteroatoms. The zero-order chi connectivity index (χ0) is 14.6. The highest BCUT2D eigenvalue weighted by atomic mass is 19.1. The van der Waals surface area contributed by atoms with Crippen molar-refractivity contribution < 1.29 is 14.3 Å². The van der Waals surface area contributed by atoms with Gasteiger partial charge in [0.25, 0.3) is 0 Å². The smallest absolute Gasteiger partial charge is 0.230 e. The van der Waals surface area contributed by atoms with E-state index in [0.717, 1.165) is 31.2 Å². The zero-order valence-electron chi connectivity index (χ0n) is 11.9. The van der Waals surface area contributed by atoms with Crippen molar-refractivity contribution in [3.05, 3.63) is 35.6 Å². The van der Waals surface area contributed by atoms with E-state index in [-0.39, 0.29) is 24.2 Å². The maximum atomic E-state index is 13.1. The number of rotatable bonds is 5. The van der Waals surface area contributed by atoms with Gasteiger partial charge in [-0.05, 0) is 36.5 Å². The highest BCUT2D eigenvalue weighted by Gasteiger charge is 2.42. The first-order valence-electron chi connectivity index (χ1n) is 7.24. The number of hydrogen-bond donors (Lipinski definition) is 2. The molecule has 0 bridgehead atoms. The lowest BCUT2D eigenvalue weighted by Gasteiger charge is -2.29. The van der Waals surface area contributed by atoms with Crippen molar-refractivity contribution in [1.29, 1.82) is 0 Å². The van der Waals surface area contributed by atoms with E-state index in [9.17, 15) is 9.18 Å². The number of benzene rings is 1. The summed E-state index contributed by atoms with van der Waals surface area (Å²) in [6.45, 7) is 2.42. The van der Waals surface area contributed by atoms with Crippen LogP contribution in [-0.2, 0) is 10.2 Å². The van der Waals surface area contributed by atoms with Crippen molar-refractivity contribution in [3.8, 4) is 0 Å². The molecule has 0 heterocycles. The number of carbonyl (C=O) groups excluding carboxylic acids is 1. The number of aliphatic hydroxyl groups excluding tert-OH is 1. The quantitative estimate of drug-likeness (QED) is 0.869. The van der Waals surface area contributed by atoms with Crippen molar-refractivity contribution in [2.24, 2.45) is 5.92 Å². The van der Waals surface area contributed by atoms with Gasteiger partial charge >= 0.3 is 0 Å². The first-order chi connectivity index (χ1) is 9.58. The Balaban J connectivity index is 2.17. The lowest BCUT2D eigenvalue weighted by atomic mass is 9.78. The number of hydrogen-bond acceptors (Lipinski definition) is 2. The summed E-state index contributed by atoms with van der Waals surface area (Å²) in [5.74, 6) is -0.233. The fraction of sp³-hybridized carbons (Fsp3) is 0.562. The van der Waals surface area contributed by atoms with Gasteiger partial charge in [-0.25, -0.2) is 4.39 Å². The average molecular weight is 279 g/mol. The van der Waals surface area contributed by atoms with E-state index in [1.165, 1.54) is 12.1 Å². The van der Waals surface area contributed by atoms with Crippen LogP contribution in [0.25, 0.3) is 0 Å². The molecule has 1 aliphatic carbocycles. The molecule has 2 rings (SSSR count). The molecule has 1 aliphatic rings. The van der Waals surface area contributed by atoms with E-state index in [4.69, 9.17) is 5.11 Å². The van der Waals surface area contributed by atoms with Gasteiger partial charge in [-0.2, -0.15) is 0 Å². The van der Waals surface area contributed by atoms with Gasteiger partial charge in [-0.15, -0.1) is 0 Å². The summed E-state index contributed by atoms with van der Waals surface area (Å²) >= 11 is 0. The Morgan fingerprint density at radius 3 is 2.50 bits per heavy atom. The first kappa shape index (κ1) is 15.0. The Bertz CT molecular complexity index is 452. The third-order valence-corrected chi connectivity index (χ3v) is 4.21. The second-order valence-electron chi connectivity index (χ2n) is 5.79. The minimum atomic E-state index is -0.525. The highest BCUT2D eigenvalue weighted by molar-refractivity contribution is 5.88. The molecule has 0 aliphatic heterocycles. The molecule has 1 aromatic rings. The maximum absolute atomic E-state index is 13.1. The Morgan fingerprint density at radius 1 is 1.35 bits per heavy atom. The molecule has 0 saturated heterocycles. The predicted octanol–water partition coefficient (Wildman–Crippen LogP) is 2.38. The Kier molecular flexibility index (Phi) is 4.76. The van der Waals surface area contributed by atoms with E-state index >= 15 is 0 Å². The van der Waals surface area contributed by atoms with Gasteiger partial charge < -0.3 is 10.4 Å². The first-order valence-corrected chi connectivity index (χ1v) is 7.24. The molecule has 1 unspecified atom stereocenters. The molecule has 3 nitrogen and oxygen atoms in total. The molecule has 0 spiro atoms. The molecule has 20 heavy (non-hydrogen) atoms.